The molecule has 0 unspecified atom stereocenters. The molecule has 0 saturated heterocycles. The van der Waals surface area contributed by atoms with Gasteiger partial charge in [0.2, 0.25) is 5.91 Å². The van der Waals surface area contributed by atoms with E-state index in [0.29, 0.717) is 18.8 Å². The Bertz CT molecular complexity index is 356. The minimum Gasteiger partial charge on any atom is -0.481 e. The number of nitrogens with one attached hydrogen (secondary N) is 1. The van der Waals surface area contributed by atoms with E-state index < -0.39 is 11.4 Å². The first-order chi connectivity index (χ1) is 9.52. The molecule has 114 valence electrons. The normalized spacial score (nSPS) is 19.1. The zero-order valence-corrected chi connectivity index (χ0v) is 12.7. The molecule has 0 radical (unpaired) electrons. The number of carbonyl (C=O) groups excluding carboxylic acids is 1. The van der Waals surface area contributed by atoms with Crippen LogP contribution in [0.1, 0.15) is 58.8 Å². The molecule has 0 bridgehead atoms. The van der Waals surface area contributed by atoms with Crippen LogP contribution in [-0.4, -0.2) is 23.5 Å². The van der Waals surface area contributed by atoms with E-state index in [1.54, 1.807) is 0 Å². The maximum absolute atomic E-state index is 12.1. The van der Waals surface area contributed by atoms with Crippen molar-refractivity contribution in [3.8, 4) is 0 Å². The van der Waals surface area contributed by atoms with Gasteiger partial charge in [-0.15, -0.1) is 0 Å². The lowest BCUT2D eigenvalue weighted by molar-refractivity contribution is -0.152. The predicted molar refractivity (Wildman–Crippen MR) is 77.2 cm³/mol. The van der Waals surface area contributed by atoms with Crippen LogP contribution in [0.3, 0.4) is 0 Å². The highest BCUT2D eigenvalue weighted by atomic mass is 16.4. The number of amides is 1. The van der Waals surface area contributed by atoms with Crippen LogP contribution in [0.4, 0.5) is 0 Å². The molecule has 2 aliphatic carbocycles. The van der Waals surface area contributed by atoms with Crippen LogP contribution in [0, 0.1) is 23.2 Å². The summed E-state index contributed by atoms with van der Waals surface area (Å²) >= 11 is 0. The molecule has 20 heavy (non-hydrogen) atoms. The average molecular weight is 281 g/mol. The van der Waals surface area contributed by atoms with Gasteiger partial charge in [0.1, 0.15) is 0 Å². The molecule has 0 atom stereocenters. The van der Waals surface area contributed by atoms with E-state index in [0.717, 1.165) is 18.4 Å². The number of aliphatic carboxylic acids is 1. The smallest absolute Gasteiger partial charge is 0.310 e. The van der Waals surface area contributed by atoms with Crippen molar-refractivity contribution in [2.75, 3.05) is 6.54 Å². The van der Waals surface area contributed by atoms with Gasteiger partial charge in [-0.2, -0.15) is 0 Å². The van der Waals surface area contributed by atoms with Crippen LogP contribution in [0.25, 0.3) is 0 Å². The second-order valence-corrected chi connectivity index (χ2v) is 6.61. The van der Waals surface area contributed by atoms with E-state index in [9.17, 15) is 14.7 Å². The molecule has 2 rings (SSSR count). The Labute approximate surface area is 121 Å². The van der Waals surface area contributed by atoms with Gasteiger partial charge in [0.25, 0.3) is 0 Å². The molecule has 4 heteroatoms. The largest absolute Gasteiger partial charge is 0.481 e. The molecule has 0 aromatic rings. The fourth-order valence-electron chi connectivity index (χ4n) is 3.25. The van der Waals surface area contributed by atoms with Crippen LogP contribution in [0.5, 0.6) is 0 Å². The third-order valence-corrected chi connectivity index (χ3v) is 5.30. The van der Waals surface area contributed by atoms with E-state index >= 15 is 0 Å². The maximum atomic E-state index is 12.1. The van der Waals surface area contributed by atoms with Gasteiger partial charge in [0.05, 0.1) is 5.41 Å². The summed E-state index contributed by atoms with van der Waals surface area (Å²) in [6.45, 7) is 4.45. The molecule has 0 aliphatic heterocycles. The van der Waals surface area contributed by atoms with Crippen LogP contribution >= 0.6 is 0 Å². The molecular formula is C16H27NO3. The molecule has 4 nitrogen and oxygen atoms in total. The SMILES string of the molecule is CCC(CC)(CC(=O)NCC(C1CC1)C1CC1)C(=O)O. The lowest BCUT2D eigenvalue weighted by atomic mass is 9.79. The molecule has 0 aromatic heterocycles. The fourth-order valence-corrected chi connectivity index (χ4v) is 3.25. The minimum atomic E-state index is -0.890. The Morgan fingerprint density at radius 2 is 1.65 bits per heavy atom. The maximum Gasteiger partial charge on any atom is 0.310 e. The number of carboxylic acids is 1. The fraction of sp³-hybridized carbons (Fsp3) is 0.875. The third-order valence-electron chi connectivity index (χ3n) is 5.30. The molecule has 1 amide bonds. The predicted octanol–water partition coefficient (Wildman–Crippen LogP) is 2.82. The van der Waals surface area contributed by atoms with Gasteiger partial charge in [-0.1, -0.05) is 13.8 Å². The molecule has 2 N–H and O–H groups in total. The van der Waals surface area contributed by atoms with Crippen molar-refractivity contribution in [2.24, 2.45) is 23.2 Å². The molecule has 0 aromatic carbocycles. The van der Waals surface area contributed by atoms with Gasteiger partial charge in [-0.05, 0) is 56.3 Å². The average Bonchev–Trinajstić information content (AvgIpc) is 3.28. The molecular weight excluding hydrogens is 254 g/mol. The summed E-state index contributed by atoms with van der Waals surface area (Å²) in [4.78, 5) is 23.5. The van der Waals surface area contributed by atoms with Crippen LogP contribution < -0.4 is 5.32 Å². The van der Waals surface area contributed by atoms with Crippen molar-refractivity contribution in [2.45, 2.75) is 58.8 Å². The van der Waals surface area contributed by atoms with Crippen LogP contribution in [0.15, 0.2) is 0 Å². The Morgan fingerprint density at radius 1 is 1.15 bits per heavy atom. The van der Waals surface area contributed by atoms with E-state index in [2.05, 4.69) is 5.32 Å². The number of carbonyl (C=O) groups is 2. The summed E-state index contributed by atoms with van der Waals surface area (Å²) in [5.41, 5.74) is -0.890. The number of carboxylic acid groups (broad SMARTS) is 1. The first kappa shape index (κ1) is 15.3. The summed E-state index contributed by atoms with van der Waals surface area (Å²) < 4.78 is 0. The second kappa shape index (κ2) is 6.15. The Kier molecular flexibility index (Phi) is 4.71. The zero-order valence-electron chi connectivity index (χ0n) is 12.7. The van der Waals surface area contributed by atoms with Gasteiger partial charge >= 0.3 is 5.97 Å². The topological polar surface area (TPSA) is 66.4 Å². The van der Waals surface area contributed by atoms with Crippen LogP contribution in [-0.2, 0) is 9.59 Å². The van der Waals surface area contributed by atoms with Crippen molar-refractivity contribution in [1.29, 1.82) is 0 Å². The highest BCUT2D eigenvalue weighted by molar-refractivity contribution is 5.84. The van der Waals surface area contributed by atoms with E-state index in [1.165, 1.54) is 25.7 Å². The van der Waals surface area contributed by atoms with E-state index in [1.807, 2.05) is 13.8 Å². The van der Waals surface area contributed by atoms with Crippen molar-refractivity contribution in [3.63, 3.8) is 0 Å². The highest BCUT2D eigenvalue weighted by Crippen LogP contribution is 2.48. The van der Waals surface area contributed by atoms with Crippen molar-refractivity contribution in [1.82, 2.24) is 5.32 Å². The second-order valence-electron chi connectivity index (χ2n) is 6.61. The zero-order chi connectivity index (χ0) is 14.8. The molecule has 0 spiro atoms. The van der Waals surface area contributed by atoms with Gasteiger partial charge < -0.3 is 10.4 Å². The van der Waals surface area contributed by atoms with Crippen LogP contribution in [0.2, 0.25) is 0 Å². The van der Waals surface area contributed by atoms with Crippen molar-refractivity contribution < 1.29 is 14.7 Å². The summed E-state index contributed by atoms with van der Waals surface area (Å²) in [5.74, 6) is 1.32. The number of rotatable bonds is 9. The minimum absolute atomic E-state index is 0.0950. The highest BCUT2D eigenvalue weighted by Gasteiger charge is 2.42. The monoisotopic (exact) mass is 281 g/mol. The van der Waals surface area contributed by atoms with Gasteiger partial charge in [0.15, 0.2) is 0 Å². The van der Waals surface area contributed by atoms with Gasteiger partial charge in [-0.25, -0.2) is 0 Å². The first-order valence-electron chi connectivity index (χ1n) is 8.02. The quantitative estimate of drug-likeness (QED) is 0.683. The first-order valence-corrected chi connectivity index (χ1v) is 8.02. The summed E-state index contributed by atoms with van der Waals surface area (Å²) in [6, 6.07) is 0. The van der Waals surface area contributed by atoms with E-state index in [-0.39, 0.29) is 12.3 Å². The van der Waals surface area contributed by atoms with Gasteiger partial charge in [-0.3, -0.25) is 9.59 Å². The molecule has 2 saturated carbocycles. The van der Waals surface area contributed by atoms with Crippen molar-refractivity contribution >= 4 is 11.9 Å². The van der Waals surface area contributed by atoms with Crippen molar-refractivity contribution in [3.05, 3.63) is 0 Å². The molecule has 2 fully saturated rings. The lowest BCUT2D eigenvalue weighted by Gasteiger charge is -2.26. The summed E-state index contributed by atoms with van der Waals surface area (Å²) in [5, 5.41) is 12.4. The Balaban J connectivity index is 1.83. The van der Waals surface area contributed by atoms with E-state index in [4.69, 9.17) is 0 Å². The molecule has 2 aliphatic rings. The summed E-state index contributed by atoms with van der Waals surface area (Å²) in [6.07, 6.45) is 6.33. The Hall–Kier alpha value is -1.06. The third kappa shape index (κ3) is 3.53. The lowest BCUT2D eigenvalue weighted by Crippen LogP contribution is -2.39. The molecule has 0 heterocycles. The van der Waals surface area contributed by atoms with Gasteiger partial charge in [0, 0.05) is 13.0 Å². The Morgan fingerprint density at radius 3 is 2.00 bits per heavy atom. The summed E-state index contributed by atoms with van der Waals surface area (Å²) in [7, 11) is 0. The number of hydrogen-bond donors (Lipinski definition) is 2. The number of hydrogen-bond acceptors (Lipinski definition) is 2. The standard InChI is InChI=1S/C16H27NO3/c1-3-16(4-2,15(19)20)9-14(18)17-10-13(11-5-6-11)12-7-8-12/h11-13H,3-10H2,1-2H3,(H,17,18)(H,19,20).